The number of hydrogen-bond donors (Lipinski definition) is 1. The molecule has 2 rings (SSSR count). The predicted molar refractivity (Wildman–Crippen MR) is 85.7 cm³/mol. The maximum Gasteiger partial charge on any atom is 0.109 e. The summed E-state index contributed by atoms with van der Waals surface area (Å²) in [6, 6.07) is 8.71. The van der Waals surface area contributed by atoms with Crippen molar-refractivity contribution >= 4 is 27.3 Å². The molecule has 0 radical (unpaired) electrons. The molecule has 0 bridgehead atoms. The molecule has 1 atom stereocenters. The van der Waals surface area contributed by atoms with E-state index in [1.807, 2.05) is 11.6 Å². The Kier molecular flexibility index (Phi) is 4.76. The summed E-state index contributed by atoms with van der Waals surface area (Å²) in [4.78, 5) is 4.35. The lowest BCUT2D eigenvalue weighted by Crippen LogP contribution is -2.34. The van der Waals surface area contributed by atoms with Gasteiger partial charge in [0.15, 0.2) is 0 Å². The highest BCUT2D eigenvalue weighted by molar-refractivity contribution is 9.10. The molecule has 19 heavy (non-hydrogen) atoms. The van der Waals surface area contributed by atoms with Crippen molar-refractivity contribution in [2.75, 3.05) is 6.54 Å². The summed E-state index contributed by atoms with van der Waals surface area (Å²) >= 11 is 5.34. The van der Waals surface area contributed by atoms with Crippen LogP contribution in [-0.4, -0.2) is 11.5 Å². The minimum Gasteiger partial charge on any atom is -0.307 e. The van der Waals surface area contributed by atoms with E-state index in [4.69, 9.17) is 0 Å². The second-order valence-electron chi connectivity index (χ2n) is 5.34. The first kappa shape index (κ1) is 14.7. The summed E-state index contributed by atoms with van der Waals surface area (Å²) in [6.07, 6.45) is 1.86. The molecule has 0 spiro atoms. The van der Waals surface area contributed by atoms with Gasteiger partial charge in [-0.25, -0.2) is 4.98 Å². The molecule has 1 aromatic carbocycles. The van der Waals surface area contributed by atoms with Crippen LogP contribution in [0.2, 0.25) is 0 Å². The first-order valence-electron chi connectivity index (χ1n) is 6.38. The molecule has 0 aliphatic heterocycles. The number of halogens is 1. The fourth-order valence-electron chi connectivity index (χ4n) is 2.05. The lowest BCUT2D eigenvalue weighted by atomic mass is 9.84. The van der Waals surface area contributed by atoms with Crippen LogP contribution in [0.3, 0.4) is 0 Å². The van der Waals surface area contributed by atoms with Crippen LogP contribution in [0.25, 0.3) is 0 Å². The first-order chi connectivity index (χ1) is 9.00. The quantitative estimate of drug-likeness (QED) is 0.865. The minimum atomic E-state index is 0.0750. The van der Waals surface area contributed by atoms with Gasteiger partial charge in [0, 0.05) is 28.0 Å². The van der Waals surface area contributed by atoms with E-state index in [-0.39, 0.29) is 5.41 Å². The van der Waals surface area contributed by atoms with Crippen molar-refractivity contribution in [2.24, 2.45) is 0 Å². The molecule has 4 heteroatoms. The van der Waals surface area contributed by atoms with Crippen molar-refractivity contribution < 1.29 is 0 Å². The molecule has 0 saturated heterocycles. The average molecular weight is 339 g/mol. The number of benzene rings is 1. The van der Waals surface area contributed by atoms with Crippen LogP contribution in [0, 0.1) is 0 Å². The zero-order valence-corrected chi connectivity index (χ0v) is 13.9. The molecule has 1 aromatic heterocycles. The lowest BCUT2D eigenvalue weighted by molar-refractivity contribution is 0.433. The van der Waals surface area contributed by atoms with Gasteiger partial charge in [0.1, 0.15) is 5.01 Å². The maximum absolute atomic E-state index is 4.35. The molecular weight excluding hydrogens is 320 g/mol. The normalized spacial score (nSPS) is 13.5. The Morgan fingerprint density at radius 3 is 2.74 bits per heavy atom. The lowest BCUT2D eigenvalue weighted by Gasteiger charge is -2.28. The van der Waals surface area contributed by atoms with Crippen molar-refractivity contribution in [3.8, 4) is 0 Å². The fourth-order valence-corrected chi connectivity index (χ4v) is 3.54. The average Bonchev–Trinajstić information content (AvgIpc) is 2.90. The van der Waals surface area contributed by atoms with E-state index in [0.717, 1.165) is 11.6 Å². The van der Waals surface area contributed by atoms with Crippen LogP contribution >= 0.6 is 27.3 Å². The Balaban J connectivity index is 2.04. The van der Waals surface area contributed by atoms with E-state index in [9.17, 15) is 0 Å². The molecule has 0 saturated carbocycles. The summed E-state index contributed by atoms with van der Waals surface area (Å²) in [7, 11) is 0. The second kappa shape index (κ2) is 6.16. The van der Waals surface area contributed by atoms with E-state index in [1.54, 1.807) is 11.3 Å². The van der Waals surface area contributed by atoms with Gasteiger partial charge in [-0.2, -0.15) is 0 Å². The van der Waals surface area contributed by atoms with Gasteiger partial charge in [0.05, 0.1) is 6.04 Å². The second-order valence-corrected chi connectivity index (χ2v) is 7.12. The Morgan fingerprint density at radius 1 is 1.37 bits per heavy atom. The maximum atomic E-state index is 4.35. The standard InChI is InChI=1S/C15H19BrN2S/c1-11(14-17-8-9-19-14)18-10-15(2,3)12-6-4-5-7-13(12)16/h4-9,11,18H,10H2,1-3H3. The monoisotopic (exact) mass is 338 g/mol. The van der Waals surface area contributed by atoms with Crippen molar-refractivity contribution in [2.45, 2.75) is 32.2 Å². The first-order valence-corrected chi connectivity index (χ1v) is 8.06. The van der Waals surface area contributed by atoms with Crippen molar-refractivity contribution in [3.63, 3.8) is 0 Å². The van der Waals surface area contributed by atoms with Gasteiger partial charge in [-0.15, -0.1) is 11.3 Å². The van der Waals surface area contributed by atoms with Crippen LogP contribution in [0.4, 0.5) is 0 Å². The van der Waals surface area contributed by atoms with E-state index < -0.39 is 0 Å². The van der Waals surface area contributed by atoms with Crippen LogP contribution in [0.1, 0.15) is 37.4 Å². The summed E-state index contributed by atoms with van der Waals surface area (Å²) < 4.78 is 1.17. The third-order valence-electron chi connectivity index (χ3n) is 3.28. The molecule has 0 aliphatic carbocycles. The Bertz CT molecular complexity index is 523. The predicted octanol–water partition coefficient (Wildman–Crippen LogP) is 4.53. The number of aromatic nitrogens is 1. The van der Waals surface area contributed by atoms with Crippen LogP contribution < -0.4 is 5.32 Å². The summed E-state index contributed by atoms with van der Waals surface area (Å²) in [5.74, 6) is 0. The van der Waals surface area contributed by atoms with Gasteiger partial charge in [-0.05, 0) is 18.6 Å². The molecular formula is C15H19BrN2S. The summed E-state index contributed by atoms with van der Waals surface area (Å²) in [5, 5.41) is 6.74. The van der Waals surface area contributed by atoms with Crippen molar-refractivity contribution in [3.05, 3.63) is 50.9 Å². The van der Waals surface area contributed by atoms with Gasteiger partial charge < -0.3 is 5.32 Å². The molecule has 2 nitrogen and oxygen atoms in total. The molecule has 0 amide bonds. The molecule has 0 aliphatic rings. The molecule has 2 aromatic rings. The third kappa shape index (κ3) is 3.65. The number of nitrogens with one attached hydrogen (secondary N) is 1. The Morgan fingerprint density at radius 2 is 2.11 bits per heavy atom. The van der Waals surface area contributed by atoms with Crippen LogP contribution in [-0.2, 0) is 5.41 Å². The van der Waals surface area contributed by atoms with E-state index in [1.165, 1.54) is 10.0 Å². The van der Waals surface area contributed by atoms with Gasteiger partial charge in [-0.3, -0.25) is 0 Å². The SMILES string of the molecule is CC(NCC(C)(C)c1ccccc1Br)c1nccs1. The van der Waals surface area contributed by atoms with E-state index in [0.29, 0.717) is 6.04 Å². The topological polar surface area (TPSA) is 24.9 Å². The highest BCUT2D eigenvalue weighted by Crippen LogP contribution is 2.30. The molecule has 1 unspecified atom stereocenters. The van der Waals surface area contributed by atoms with Gasteiger partial charge in [0.25, 0.3) is 0 Å². The van der Waals surface area contributed by atoms with Crippen molar-refractivity contribution in [1.29, 1.82) is 0 Å². The van der Waals surface area contributed by atoms with Crippen LogP contribution in [0.15, 0.2) is 40.3 Å². The smallest absolute Gasteiger partial charge is 0.109 e. The van der Waals surface area contributed by atoms with E-state index >= 15 is 0 Å². The Labute approximate surface area is 127 Å². The fraction of sp³-hybridized carbons (Fsp3) is 0.400. The zero-order chi connectivity index (χ0) is 13.9. The summed E-state index contributed by atoms with van der Waals surface area (Å²) in [5.41, 5.74) is 1.40. The zero-order valence-electron chi connectivity index (χ0n) is 11.5. The van der Waals surface area contributed by atoms with Crippen molar-refractivity contribution in [1.82, 2.24) is 10.3 Å². The largest absolute Gasteiger partial charge is 0.307 e. The Hall–Kier alpha value is -0.710. The van der Waals surface area contributed by atoms with Crippen LogP contribution in [0.5, 0.6) is 0 Å². The number of thiazole rings is 1. The molecule has 0 fully saturated rings. The minimum absolute atomic E-state index is 0.0750. The van der Waals surface area contributed by atoms with E-state index in [2.05, 4.69) is 71.3 Å². The van der Waals surface area contributed by atoms with Gasteiger partial charge in [0.2, 0.25) is 0 Å². The van der Waals surface area contributed by atoms with Gasteiger partial charge >= 0.3 is 0 Å². The molecule has 1 N–H and O–H groups in total. The van der Waals surface area contributed by atoms with Gasteiger partial charge in [-0.1, -0.05) is 48.0 Å². The number of nitrogens with zero attached hydrogens (tertiary/aromatic N) is 1. The molecule has 1 heterocycles. The number of rotatable bonds is 5. The summed E-state index contributed by atoms with van der Waals surface area (Å²) in [6.45, 7) is 7.59. The highest BCUT2D eigenvalue weighted by atomic mass is 79.9. The number of hydrogen-bond acceptors (Lipinski definition) is 3. The molecule has 102 valence electrons. The highest BCUT2D eigenvalue weighted by Gasteiger charge is 2.23. The third-order valence-corrected chi connectivity index (χ3v) is 4.92.